The molecule has 0 aliphatic carbocycles. The molecule has 0 aliphatic rings. The first-order valence-corrected chi connectivity index (χ1v) is 12.7. The second-order valence-corrected chi connectivity index (χ2v) is 8.76. The van der Waals surface area contributed by atoms with Crippen LogP contribution in [0.25, 0.3) is 16.9 Å². The highest BCUT2D eigenvalue weighted by Crippen LogP contribution is 2.27. The number of hydrogen-bond acceptors (Lipinski definition) is 8. The van der Waals surface area contributed by atoms with Gasteiger partial charge in [-0.15, -0.1) is 0 Å². The highest BCUT2D eigenvalue weighted by atomic mass is 16.5. The van der Waals surface area contributed by atoms with E-state index in [1.165, 1.54) is 6.08 Å². The van der Waals surface area contributed by atoms with Crippen molar-refractivity contribution in [1.29, 1.82) is 0 Å². The Balaban J connectivity index is 1.48. The van der Waals surface area contributed by atoms with Gasteiger partial charge in [0.25, 0.3) is 0 Å². The minimum absolute atomic E-state index is 0.288. The summed E-state index contributed by atoms with van der Waals surface area (Å²) in [7, 11) is 1.64. The number of anilines is 4. The van der Waals surface area contributed by atoms with E-state index in [9.17, 15) is 4.79 Å². The normalized spacial score (nSPS) is 10.7. The molecule has 5 aromatic rings. The van der Waals surface area contributed by atoms with Gasteiger partial charge in [0.1, 0.15) is 18.7 Å². The van der Waals surface area contributed by atoms with Crippen molar-refractivity contribution in [3.8, 4) is 11.4 Å². The lowest BCUT2D eigenvalue weighted by Gasteiger charge is -2.12. The topological polar surface area (TPSA) is 115 Å². The van der Waals surface area contributed by atoms with E-state index in [1.54, 1.807) is 13.4 Å². The Bertz CT molecular complexity index is 1600. The molecule has 3 aromatic carbocycles. The number of amides is 1. The third kappa shape index (κ3) is 6.43. The molecular formula is C30H29N7O3. The number of carbonyl (C=O) groups is 1. The molecule has 0 fully saturated rings. The number of ether oxygens (including phenoxy) is 2. The molecule has 0 aliphatic heterocycles. The third-order valence-corrected chi connectivity index (χ3v) is 5.94. The number of methoxy groups -OCH3 is 1. The van der Waals surface area contributed by atoms with Gasteiger partial charge in [-0.2, -0.15) is 9.97 Å². The average Bonchev–Trinajstić information content (AvgIpc) is 3.42. The van der Waals surface area contributed by atoms with Crippen LogP contribution in [0, 0.1) is 0 Å². The fourth-order valence-corrected chi connectivity index (χ4v) is 3.98. The van der Waals surface area contributed by atoms with E-state index in [2.05, 4.69) is 27.5 Å². The van der Waals surface area contributed by atoms with Gasteiger partial charge >= 0.3 is 0 Å². The maximum atomic E-state index is 11.8. The molecule has 0 atom stereocenters. The summed E-state index contributed by atoms with van der Waals surface area (Å²) in [6.45, 7) is 5.07. The van der Waals surface area contributed by atoms with Crippen molar-refractivity contribution in [2.24, 2.45) is 0 Å². The van der Waals surface area contributed by atoms with Crippen molar-refractivity contribution in [2.45, 2.75) is 6.54 Å². The Labute approximate surface area is 231 Å². The molecule has 40 heavy (non-hydrogen) atoms. The number of aromatic nitrogens is 4. The molecule has 2 heterocycles. The Kier molecular flexibility index (Phi) is 8.28. The molecular weight excluding hydrogens is 506 g/mol. The quantitative estimate of drug-likeness (QED) is 0.145. The minimum atomic E-state index is -0.288. The maximum Gasteiger partial charge on any atom is 0.247 e. The summed E-state index contributed by atoms with van der Waals surface area (Å²) >= 11 is 0. The molecule has 0 radical (unpaired) electrons. The highest BCUT2D eigenvalue weighted by Gasteiger charge is 2.15. The molecule has 10 heteroatoms. The van der Waals surface area contributed by atoms with Gasteiger partial charge in [-0.05, 0) is 54.1 Å². The molecule has 0 unspecified atom stereocenters. The first-order chi connectivity index (χ1) is 19.6. The van der Waals surface area contributed by atoms with Crippen LogP contribution in [0.2, 0.25) is 0 Å². The van der Waals surface area contributed by atoms with Crippen molar-refractivity contribution in [2.75, 3.05) is 36.3 Å². The van der Waals surface area contributed by atoms with Crippen LogP contribution in [0.1, 0.15) is 5.56 Å². The van der Waals surface area contributed by atoms with Crippen LogP contribution in [-0.2, 0) is 16.1 Å². The second-order valence-electron chi connectivity index (χ2n) is 8.76. The summed E-state index contributed by atoms with van der Waals surface area (Å²) in [4.78, 5) is 26.0. The van der Waals surface area contributed by atoms with Gasteiger partial charge in [0.05, 0.1) is 12.3 Å². The number of benzene rings is 3. The van der Waals surface area contributed by atoms with E-state index in [1.807, 2.05) is 83.4 Å². The zero-order chi connectivity index (χ0) is 27.7. The SMILES string of the molecule is C=CC(=O)Nc1cccc(-n2cnc3c(NCc4ccccc4)nc(Nc4ccc(OCCOC)cc4)nc32)c1. The summed E-state index contributed by atoms with van der Waals surface area (Å²) in [5, 5.41) is 9.49. The predicted molar refractivity (Wildman–Crippen MR) is 156 cm³/mol. The fraction of sp³-hybridized carbons (Fsp3) is 0.133. The standard InChI is InChI=1S/C30H29N7O3/c1-3-26(38)33-23-10-7-11-24(18-23)37-20-32-27-28(31-19-21-8-5-4-6-9-21)35-30(36-29(27)37)34-22-12-14-25(15-13-22)40-17-16-39-2/h3-15,18,20H,1,16-17,19H2,2H3,(H,33,38)(H2,31,34,35,36). The Morgan fingerprint density at radius 3 is 2.58 bits per heavy atom. The van der Waals surface area contributed by atoms with E-state index in [0.29, 0.717) is 48.4 Å². The molecule has 0 spiro atoms. The van der Waals surface area contributed by atoms with E-state index in [-0.39, 0.29) is 5.91 Å². The number of nitrogens with one attached hydrogen (secondary N) is 3. The van der Waals surface area contributed by atoms with Crippen LogP contribution in [0.4, 0.5) is 23.1 Å². The number of nitrogens with zero attached hydrogens (tertiary/aromatic N) is 4. The largest absolute Gasteiger partial charge is 0.491 e. The van der Waals surface area contributed by atoms with E-state index in [0.717, 1.165) is 22.7 Å². The summed E-state index contributed by atoms with van der Waals surface area (Å²) in [5.41, 5.74) is 4.53. The number of carbonyl (C=O) groups excluding carboxylic acids is 1. The molecule has 0 saturated carbocycles. The van der Waals surface area contributed by atoms with Gasteiger partial charge in [0.15, 0.2) is 17.0 Å². The maximum absolute atomic E-state index is 11.8. The van der Waals surface area contributed by atoms with Crippen molar-refractivity contribution in [3.63, 3.8) is 0 Å². The first kappa shape index (κ1) is 26.4. The zero-order valence-corrected chi connectivity index (χ0v) is 22.0. The van der Waals surface area contributed by atoms with Crippen molar-refractivity contribution in [1.82, 2.24) is 19.5 Å². The number of imidazole rings is 1. The molecule has 5 rings (SSSR count). The van der Waals surface area contributed by atoms with Gasteiger partial charge in [0.2, 0.25) is 11.9 Å². The summed E-state index contributed by atoms with van der Waals surface area (Å²) in [5.74, 6) is 1.44. The van der Waals surface area contributed by atoms with Gasteiger partial charge in [-0.25, -0.2) is 4.98 Å². The first-order valence-electron chi connectivity index (χ1n) is 12.7. The molecule has 10 nitrogen and oxygen atoms in total. The molecule has 3 N–H and O–H groups in total. The van der Waals surface area contributed by atoms with E-state index >= 15 is 0 Å². The molecule has 1 amide bonds. The molecule has 2 aromatic heterocycles. The van der Waals surface area contributed by atoms with E-state index < -0.39 is 0 Å². The number of fused-ring (bicyclic) bond motifs is 1. The predicted octanol–water partition coefficient (Wildman–Crippen LogP) is 5.32. The van der Waals surface area contributed by atoms with Crippen molar-refractivity contribution < 1.29 is 14.3 Å². The van der Waals surface area contributed by atoms with Gasteiger partial charge in [-0.1, -0.05) is 43.0 Å². The zero-order valence-electron chi connectivity index (χ0n) is 22.0. The Morgan fingerprint density at radius 1 is 0.975 bits per heavy atom. The monoisotopic (exact) mass is 535 g/mol. The lowest BCUT2D eigenvalue weighted by atomic mass is 10.2. The lowest BCUT2D eigenvalue weighted by molar-refractivity contribution is -0.111. The molecule has 0 bridgehead atoms. The summed E-state index contributed by atoms with van der Waals surface area (Å²) in [6, 6.07) is 25.0. The van der Waals surface area contributed by atoms with Gasteiger partial charge < -0.3 is 25.4 Å². The average molecular weight is 536 g/mol. The molecule has 202 valence electrons. The summed E-state index contributed by atoms with van der Waals surface area (Å²) in [6.07, 6.45) is 2.92. The van der Waals surface area contributed by atoms with Crippen LogP contribution in [0.5, 0.6) is 5.75 Å². The Morgan fingerprint density at radius 2 is 1.80 bits per heavy atom. The van der Waals surface area contributed by atoms with Gasteiger partial charge in [0, 0.05) is 25.0 Å². The Hall–Kier alpha value is -5.22. The minimum Gasteiger partial charge on any atom is -0.491 e. The van der Waals surface area contributed by atoms with Crippen LogP contribution >= 0.6 is 0 Å². The van der Waals surface area contributed by atoms with E-state index in [4.69, 9.17) is 19.4 Å². The van der Waals surface area contributed by atoms with Crippen LogP contribution in [0.3, 0.4) is 0 Å². The third-order valence-electron chi connectivity index (χ3n) is 5.94. The number of rotatable bonds is 12. The van der Waals surface area contributed by atoms with Gasteiger partial charge in [-0.3, -0.25) is 9.36 Å². The number of hydrogen-bond donors (Lipinski definition) is 3. The van der Waals surface area contributed by atoms with Crippen LogP contribution in [-0.4, -0.2) is 45.7 Å². The smallest absolute Gasteiger partial charge is 0.247 e. The van der Waals surface area contributed by atoms with Crippen molar-refractivity contribution in [3.05, 3.63) is 103 Å². The fourth-order valence-electron chi connectivity index (χ4n) is 3.98. The molecule has 0 saturated heterocycles. The highest BCUT2D eigenvalue weighted by molar-refractivity contribution is 5.99. The summed E-state index contributed by atoms with van der Waals surface area (Å²) < 4.78 is 12.5. The second kappa shape index (κ2) is 12.5. The van der Waals surface area contributed by atoms with Crippen LogP contribution in [0.15, 0.2) is 97.8 Å². The lowest BCUT2D eigenvalue weighted by Crippen LogP contribution is -2.08. The van der Waals surface area contributed by atoms with Crippen LogP contribution < -0.4 is 20.7 Å². The van der Waals surface area contributed by atoms with Crippen molar-refractivity contribution >= 4 is 40.2 Å².